The number of rotatable bonds is 6. The van der Waals surface area contributed by atoms with Crippen molar-refractivity contribution in [3.05, 3.63) is 76.9 Å². The minimum atomic E-state index is -0.298. The zero-order valence-corrected chi connectivity index (χ0v) is 21.4. The van der Waals surface area contributed by atoms with Crippen LogP contribution in [0, 0.1) is 0 Å². The molecule has 6 nitrogen and oxygen atoms in total. The van der Waals surface area contributed by atoms with E-state index in [1.165, 1.54) is 29.4 Å². The van der Waals surface area contributed by atoms with Gasteiger partial charge in [0.1, 0.15) is 0 Å². The zero-order chi connectivity index (χ0) is 24.9. The quantitative estimate of drug-likeness (QED) is 0.586. The van der Waals surface area contributed by atoms with Crippen LogP contribution in [0.2, 0.25) is 0 Å². The third-order valence-electron chi connectivity index (χ3n) is 7.33. The predicted molar refractivity (Wildman–Crippen MR) is 139 cm³/mol. The molecule has 0 spiro atoms. The van der Waals surface area contributed by atoms with Crippen LogP contribution in [-0.4, -0.2) is 71.9 Å². The number of benzene rings is 2. The first-order valence-electron chi connectivity index (χ1n) is 12.5. The SMILES string of the molecule is COC(=O)c1ccc(CN2C[C@@H](C)N(Cc3ccccc3C3=CCN(C(C)=O)CC3)[C@@H](C)C2)cc1. The minimum Gasteiger partial charge on any atom is -0.465 e. The van der Waals surface area contributed by atoms with Gasteiger partial charge in [0.15, 0.2) is 0 Å². The summed E-state index contributed by atoms with van der Waals surface area (Å²) in [5.41, 5.74) is 5.83. The molecule has 35 heavy (non-hydrogen) atoms. The largest absolute Gasteiger partial charge is 0.465 e. The Kier molecular flexibility index (Phi) is 8.04. The first kappa shape index (κ1) is 25.1. The van der Waals surface area contributed by atoms with Crippen molar-refractivity contribution in [3.63, 3.8) is 0 Å². The Balaban J connectivity index is 1.41. The Morgan fingerprint density at radius 2 is 1.66 bits per heavy atom. The van der Waals surface area contributed by atoms with Crippen LogP contribution >= 0.6 is 0 Å². The monoisotopic (exact) mass is 475 g/mol. The number of ether oxygens (including phenoxy) is 1. The molecular weight excluding hydrogens is 438 g/mol. The smallest absolute Gasteiger partial charge is 0.337 e. The lowest BCUT2D eigenvalue weighted by Gasteiger charge is -2.45. The second-order valence-electron chi connectivity index (χ2n) is 9.85. The van der Waals surface area contributed by atoms with Crippen molar-refractivity contribution >= 4 is 17.4 Å². The number of esters is 1. The average Bonchev–Trinajstić information content (AvgIpc) is 2.86. The summed E-state index contributed by atoms with van der Waals surface area (Å²) in [6.45, 7) is 11.6. The van der Waals surface area contributed by atoms with Crippen molar-refractivity contribution in [2.24, 2.45) is 0 Å². The molecule has 0 N–H and O–H groups in total. The Labute approximate surface area is 209 Å². The van der Waals surface area contributed by atoms with Gasteiger partial charge in [-0.15, -0.1) is 0 Å². The predicted octanol–water partition coefficient (Wildman–Crippen LogP) is 4.20. The van der Waals surface area contributed by atoms with E-state index in [0.29, 0.717) is 24.2 Å². The molecule has 2 aliphatic rings. The first-order valence-corrected chi connectivity index (χ1v) is 12.5. The van der Waals surface area contributed by atoms with E-state index in [-0.39, 0.29) is 11.9 Å². The number of carbonyl (C=O) groups is 2. The van der Waals surface area contributed by atoms with Gasteiger partial charge in [-0.2, -0.15) is 0 Å². The fourth-order valence-corrected chi connectivity index (χ4v) is 5.40. The molecule has 2 heterocycles. The summed E-state index contributed by atoms with van der Waals surface area (Å²) >= 11 is 0. The van der Waals surface area contributed by atoms with Gasteiger partial charge in [-0.3, -0.25) is 14.6 Å². The van der Waals surface area contributed by atoms with Crippen molar-refractivity contribution in [2.45, 2.75) is 52.4 Å². The Bertz CT molecular complexity index is 1070. The lowest BCUT2D eigenvalue weighted by atomic mass is 9.93. The molecule has 1 fully saturated rings. The number of nitrogens with zero attached hydrogens (tertiary/aromatic N) is 3. The highest BCUT2D eigenvalue weighted by molar-refractivity contribution is 5.89. The summed E-state index contributed by atoms with van der Waals surface area (Å²) in [7, 11) is 1.41. The highest BCUT2D eigenvalue weighted by Crippen LogP contribution is 2.28. The van der Waals surface area contributed by atoms with Gasteiger partial charge in [0, 0.05) is 58.3 Å². The van der Waals surface area contributed by atoms with E-state index in [0.717, 1.165) is 39.1 Å². The number of hydrogen-bond donors (Lipinski definition) is 0. The van der Waals surface area contributed by atoms with E-state index in [4.69, 9.17) is 4.74 Å². The molecular formula is C29H37N3O3. The molecule has 0 radical (unpaired) electrons. The summed E-state index contributed by atoms with van der Waals surface area (Å²) in [6.07, 6.45) is 3.13. The van der Waals surface area contributed by atoms with E-state index in [9.17, 15) is 9.59 Å². The van der Waals surface area contributed by atoms with Gasteiger partial charge in [0.25, 0.3) is 0 Å². The molecule has 2 aromatic rings. The van der Waals surface area contributed by atoms with Gasteiger partial charge in [-0.05, 0) is 54.7 Å². The molecule has 4 rings (SSSR count). The third kappa shape index (κ3) is 6.00. The molecule has 186 valence electrons. The molecule has 0 aromatic heterocycles. The standard InChI is InChI=1S/C29H37N3O3/c1-21-17-30(19-24-9-11-26(12-10-24)29(34)35-4)18-22(2)32(21)20-27-7-5-6-8-28(27)25-13-15-31(16-14-25)23(3)33/h5-13,21-22H,14-20H2,1-4H3/t21-,22+. The van der Waals surface area contributed by atoms with Crippen molar-refractivity contribution < 1.29 is 14.3 Å². The highest BCUT2D eigenvalue weighted by Gasteiger charge is 2.30. The molecule has 0 aliphatic carbocycles. The molecule has 1 amide bonds. The second kappa shape index (κ2) is 11.2. The topological polar surface area (TPSA) is 53.1 Å². The van der Waals surface area contributed by atoms with E-state index in [2.05, 4.69) is 54.0 Å². The summed E-state index contributed by atoms with van der Waals surface area (Å²) in [4.78, 5) is 30.4. The molecule has 0 bridgehead atoms. The number of hydrogen-bond acceptors (Lipinski definition) is 5. The van der Waals surface area contributed by atoms with Crippen LogP contribution in [0.1, 0.15) is 54.2 Å². The van der Waals surface area contributed by atoms with Crippen molar-refractivity contribution in [2.75, 3.05) is 33.3 Å². The summed E-state index contributed by atoms with van der Waals surface area (Å²) < 4.78 is 4.80. The van der Waals surface area contributed by atoms with Gasteiger partial charge in [0.2, 0.25) is 5.91 Å². The van der Waals surface area contributed by atoms with Gasteiger partial charge in [-0.1, -0.05) is 42.5 Å². The molecule has 2 atom stereocenters. The fraction of sp³-hybridized carbons (Fsp3) is 0.448. The second-order valence-corrected chi connectivity index (χ2v) is 9.85. The van der Waals surface area contributed by atoms with Crippen molar-refractivity contribution in [1.29, 1.82) is 0 Å². The maximum Gasteiger partial charge on any atom is 0.337 e. The van der Waals surface area contributed by atoms with Gasteiger partial charge in [-0.25, -0.2) is 4.79 Å². The van der Waals surface area contributed by atoms with Crippen LogP contribution in [0.4, 0.5) is 0 Å². The number of methoxy groups -OCH3 is 1. The van der Waals surface area contributed by atoms with E-state index < -0.39 is 0 Å². The minimum absolute atomic E-state index is 0.147. The van der Waals surface area contributed by atoms with Crippen LogP contribution in [0.5, 0.6) is 0 Å². The fourth-order valence-electron chi connectivity index (χ4n) is 5.40. The van der Waals surface area contributed by atoms with E-state index >= 15 is 0 Å². The number of amides is 1. The Morgan fingerprint density at radius 1 is 0.971 bits per heavy atom. The normalized spacial score (nSPS) is 21.5. The Morgan fingerprint density at radius 3 is 2.26 bits per heavy atom. The van der Waals surface area contributed by atoms with Crippen LogP contribution < -0.4 is 0 Å². The lowest BCUT2D eigenvalue weighted by molar-refractivity contribution is -0.128. The molecule has 1 saturated heterocycles. The Hall–Kier alpha value is -2.96. The lowest BCUT2D eigenvalue weighted by Crippen LogP contribution is -2.55. The van der Waals surface area contributed by atoms with Crippen LogP contribution in [0.3, 0.4) is 0 Å². The average molecular weight is 476 g/mol. The van der Waals surface area contributed by atoms with Crippen LogP contribution in [-0.2, 0) is 22.6 Å². The number of carbonyl (C=O) groups excluding carboxylic acids is 2. The van der Waals surface area contributed by atoms with Crippen LogP contribution in [0.25, 0.3) is 5.57 Å². The first-order chi connectivity index (χ1) is 16.9. The molecule has 2 aliphatic heterocycles. The van der Waals surface area contributed by atoms with Gasteiger partial charge >= 0.3 is 5.97 Å². The molecule has 0 saturated carbocycles. The molecule has 6 heteroatoms. The van der Waals surface area contributed by atoms with E-state index in [1.54, 1.807) is 6.92 Å². The molecule has 2 aromatic carbocycles. The zero-order valence-electron chi connectivity index (χ0n) is 21.4. The summed E-state index contributed by atoms with van der Waals surface area (Å²) in [6, 6.07) is 17.3. The van der Waals surface area contributed by atoms with Crippen molar-refractivity contribution in [1.82, 2.24) is 14.7 Å². The van der Waals surface area contributed by atoms with Crippen LogP contribution in [0.15, 0.2) is 54.6 Å². The maximum absolute atomic E-state index is 11.7. The van der Waals surface area contributed by atoms with Gasteiger partial charge in [0.05, 0.1) is 12.7 Å². The third-order valence-corrected chi connectivity index (χ3v) is 7.33. The van der Waals surface area contributed by atoms with E-state index in [1.807, 2.05) is 29.2 Å². The molecule has 0 unspecified atom stereocenters. The number of piperazine rings is 1. The van der Waals surface area contributed by atoms with Gasteiger partial charge < -0.3 is 9.64 Å². The summed E-state index contributed by atoms with van der Waals surface area (Å²) in [5.74, 6) is -0.152. The summed E-state index contributed by atoms with van der Waals surface area (Å²) in [5, 5.41) is 0. The van der Waals surface area contributed by atoms with Crippen molar-refractivity contribution in [3.8, 4) is 0 Å². The maximum atomic E-state index is 11.7. The highest BCUT2D eigenvalue weighted by atomic mass is 16.5.